The van der Waals surface area contributed by atoms with Crippen molar-refractivity contribution in [2.24, 2.45) is 4.99 Å². The van der Waals surface area contributed by atoms with Gasteiger partial charge in [0.1, 0.15) is 12.7 Å². The molecule has 3 unspecified atom stereocenters. The zero-order valence-electron chi connectivity index (χ0n) is 18.0. The largest absolute Gasteiger partial charge is 0.464 e. The number of carbonyl (C=O) groups is 2. The molecule has 0 saturated heterocycles. The third-order valence-corrected chi connectivity index (χ3v) is 3.79. The summed E-state index contributed by atoms with van der Waals surface area (Å²) in [7, 11) is 0. The lowest BCUT2D eigenvalue weighted by Gasteiger charge is -2.17. The summed E-state index contributed by atoms with van der Waals surface area (Å²) < 4.78 is 25.6. The summed E-state index contributed by atoms with van der Waals surface area (Å²) in [5.74, 6) is -1.07. The van der Waals surface area contributed by atoms with Crippen LogP contribution in [0.15, 0.2) is 4.99 Å². The number of hydrogen-bond donors (Lipinski definition) is 0. The van der Waals surface area contributed by atoms with E-state index in [0.717, 1.165) is 0 Å². The summed E-state index contributed by atoms with van der Waals surface area (Å²) in [5, 5.41) is 8.27. The van der Waals surface area contributed by atoms with Gasteiger partial charge >= 0.3 is 11.9 Å². The Balaban J connectivity index is 4.00. The van der Waals surface area contributed by atoms with Gasteiger partial charge in [0.15, 0.2) is 6.04 Å². The van der Waals surface area contributed by atoms with Gasteiger partial charge in [-0.25, -0.2) is 9.59 Å². The summed E-state index contributed by atoms with van der Waals surface area (Å²) in [6, 6.07) is -0.951. The van der Waals surface area contributed by atoms with E-state index in [1.54, 1.807) is 13.2 Å². The number of nitriles is 1. The first-order chi connectivity index (χ1) is 14.4. The minimum absolute atomic E-state index is 0.00657. The summed E-state index contributed by atoms with van der Waals surface area (Å²) in [4.78, 5) is 37.7. The maximum atomic E-state index is 12.0. The lowest BCUT2D eigenvalue weighted by molar-refractivity contribution is -0.154. The van der Waals surface area contributed by atoms with Gasteiger partial charge in [-0.1, -0.05) is 0 Å². The van der Waals surface area contributed by atoms with Crippen LogP contribution in [0.3, 0.4) is 0 Å². The lowest BCUT2D eigenvalue weighted by atomic mass is 10.1. The smallest absolute Gasteiger partial charge is 0.331 e. The zero-order chi connectivity index (χ0) is 22.6. The fraction of sp³-hybridized carbons (Fsp3) is 0.800. The first-order valence-electron chi connectivity index (χ1n) is 10.1. The summed E-state index contributed by atoms with van der Waals surface area (Å²) in [6.45, 7) is 7.11. The van der Waals surface area contributed by atoms with Gasteiger partial charge in [0.05, 0.1) is 25.9 Å². The van der Waals surface area contributed by atoms with Crippen LogP contribution in [0.4, 0.5) is 0 Å². The van der Waals surface area contributed by atoms with Crippen LogP contribution in [0.5, 0.6) is 0 Å². The average molecular weight is 428 g/mol. The van der Waals surface area contributed by atoms with Gasteiger partial charge in [-0.2, -0.15) is 10.3 Å². The number of unbranched alkanes of at least 4 members (excludes halogenated alkanes) is 1. The highest BCUT2D eigenvalue weighted by Gasteiger charge is 2.19. The van der Waals surface area contributed by atoms with Crippen molar-refractivity contribution >= 4 is 18.0 Å². The topological polar surface area (TPSA) is 134 Å². The normalized spacial score (nSPS) is 13.3. The van der Waals surface area contributed by atoms with E-state index in [9.17, 15) is 14.4 Å². The van der Waals surface area contributed by atoms with Gasteiger partial charge in [0.25, 0.3) is 6.26 Å². The fourth-order valence-electron chi connectivity index (χ4n) is 2.29. The van der Waals surface area contributed by atoms with Crippen LogP contribution >= 0.6 is 0 Å². The molecule has 0 bridgehead atoms. The van der Waals surface area contributed by atoms with Crippen molar-refractivity contribution in [2.45, 2.75) is 71.1 Å². The van der Waals surface area contributed by atoms with Gasteiger partial charge in [-0.05, 0) is 46.5 Å². The minimum Gasteiger partial charge on any atom is -0.464 e. The Bertz CT molecular complexity index is 572. The van der Waals surface area contributed by atoms with Crippen LogP contribution < -0.4 is 0 Å². The van der Waals surface area contributed by atoms with Crippen LogP contribution in [0.2, 0.25) is 0 Å². The zero-order valence-corrected chi connectivity index (χ0v) is 18.0. The molecule has 170 valence electrons. The maximum Gasteiger partial charge on any atom is 0.331 e. The number of ether oxygens (including phenoxy) is 5. The molecular formula is C20H32N2O8. The molecule has 0 aromatic rings. The minimum atomic E-state index is -0.951. The van der Waals surface area contributed by atoms with Crippen LogP contribution in [-0.2, 0) is 38.1 Å². The molecule has 3 atom stereocenters. The monoisotopic (exact) mass is 428 g/mol. The Kier molecular flexibility index (Phi) is 17.0. The van der Waals surface area contributed by atoms with Crippen molar-refractivity contribution in [2.75, 3.05) is 33.0 Å². The first kappa shape index (κ1) is 27.5. The molecule has 0 radical (unpaired) electrons. The number of esters is 2. The maximum absolute atomic E-state index is 12.0. The molecule has 0 heterocycles. The number of aliphatic imine (C=N–C) groups is 1. The third kappa shape index (κ3) is 15.5. The standard InChI is InChI=1S/C20H32N2O8/c1-4-26-12-16(2)29-13-17(3)30-19(24)9-7-11-28-20(25)18(22-15-23)8-5-6-10-27-14-21/h16-18H,4-13H2,1-3H3. The van der Waals surface area contributed by atoms with Crippen molar-refractivity contribution in [1.82, 2.24) is 0 Å². The molecule has 0 aromatic heterocycles. The number of nitrogens with zero attached hydrogens (tertiary/aromatic N) is 2. The fourth-order valence-corrected chi connectivity index (χ4v) is 2.29. The van der Waals surface area contributed by atoms with Crippen molar-refractivity contribution < 1.29 is 38.1 Å². The molecule has 0 spiro atoms. The van der Waals surface area contributed by atoms with Crippen molar-refractivity contribution in [1.29, 1.82) is 5.26 Å². The van der Waals surface area contributed by atoms with Gasteiger partial charge in [0, 0.05) is 13.0 Å². The van der Waals surface area contributed by atoms with E-state index in [0.29, 0.717) is 26.1 Å². The van der Waals surface area contributed by atoms with E-state index in [-0.39, 0.29) is 45.2 Å². The molecule has 0 aliphatic carbocycles. The van der Waals surface area contributed by atoms with E-state index < -0.39 is 24.1 Å². The highest BCUT2D eigenvalue weighted by molar-refractivity contribution is 5.77. The molecule has 0 saturated carbocycles. The van der Waals surface area contributed by atoms with Crippen molar-refractivity contribution in [3.63, 3.8) is 0 Å². The van der Waals surface area contributed by atoms with Crippen molar-refractivity contribution in [3.05, 3.63) is 0 Å². The Morgan fingerprint density at radius 2 is 1.83 bits per heavy atom. The van der Waals surface area contributed by atoms with Gasteiger partial charge < -0.3 is 23.7 Å². The second-order valence-corrected chi connectivity index (χ2v) is 6.55. The van der Waals surface area contributed by atoms with Crippen molar-refractivity contribution in [3.8, 4) is 6.26 Å². The van der Waals surface area contributed by atoms with E-state index in [4.69, 9.17) is 24.2 Å². The molecule has 0 aromatic carbocycles. The molecule has 0 fully saturated rings. The number of carbonyl (C=O) groups excluding carboxylic acids is 3. The van der Waals surface area contributed by atoms with E-state index in [2.05, 4.69) is 9.73 Å². The third-order valence-electron chi connectivity index (χ3n) is 3.79. The van der Waals surface area contributed by atoms with Crippen LogP contribution in [0.25, 0.3) is 0 Å². The Morgan fingerprint density at radius 1 is 1.07 bits per heavy atom. The Morgan fingerprint density at radius 3 is 2.50 bits per heavy atom. The van der Waals surface area contributed by atoms with Crippen LogP contribution in [0.1, 0.15) is 52.9 Å². The summed E-state index contributed by atoms with van der Waals surface area (Å²) in [6.07, 6.45) is 4.14. The average Bonchev–Trinajstić information content (AvgIpc) is 2.72. The SMILES string of the molecule is CCOCC(C)OCC(C)OC(=O)CCCOC(=O)C(CCCCOC#N)N=C=O. The quantitative estimate of drug-likeness (QED) is 0.106. The highest BCUT2D eigenvalue weighted by atomic mass is 16.6. The molecule has 30 heavy (non-hydrogen) atoms. The molecule has 0 aliphatic rings. The summed E-state index contributed by atoms with van der Waals surface area (Å²) >= 11 is 0. The molecule has 0 amide bonds. The molecule has 0 aliphatic heterocycles. The predicted octanol–water partition coefficient (Wildman–Crippen LogP) is 2.06. The Hall–Kier alpha value is -2.47. The predicted molar refractivity (Wildman–Crippen MR) is 105 cm³/mol. The first-order valence-corrected chi connectivity index (χ1v) is 10.1. The second kappa shape index (κ2) is 18.6. The van der Waals surface area contributed by atoms with E-state index >= 15 is 0 Å². The van der Waals surface area contributed by atoms with E-state index in [1.807, 2.05) is 13.8 Å². The highest BCUT2D eigenvalue weighted by Crippen LogP contribution is 2.08. The molecule has 0 N–H and O–H groups in total. The Labute approximate surface area is 177 Å². The number of isocyanates is 1. The van der Waals surface area contributed by atoms with Gasteiger partial charge in [-0.3, -0.25) is 4.79 Å². The number of rotatable bonds is 18. The lowest BCUT2D eigenvalue weighted by Crippen LogP contribution is -2.25. The van der Waals surface area contributed by atoms with Gasteiger partial charge in [-0.15, -0.1) is 0 Å². The molecular weight excluding hydrogens is 396 g/mol. The van der Waals surface area contributed by atoms with Crippen LogP contribution in [0, 0.1) is 11.5 Å². The molecule has 0 rings (SSSR count). The molecule has 10 nitrogen and oxygen atoms in total. The number of hydrogen-bond acceptors (Lipinski definition) is 10. The van der Waals surface area contributed by atoms with Crippen LogP contribution in [-0.4, -0.2) is 69.3 Å². The molecule has 10 heteroatoms. The van der Waals surface area contributed by atoms with Gasteiger partial charge in [0.2, 0.25) is 6.08 Å². The second-order valence-electron chi connectivity index (χ2n) is 6.55. The van der Waals surface area contributed by atoms with E-state index in [1.165, 1.54) is 6.08 Å². The summed E-state index contributed by atoms with van der Waals surface area (Å²) in [5.41, 5.74) is 0.